The smallest absolute Gasteiger partial charge is 0.407 e. The zero-order valence-electron chi connectivity index (χ0n) is 19.2. The number of anilines is 1. The van der Waals surface area contributed by atoms with Gasteiger partial charge < -0.3 is 25.2 Å². The number of carbonyl (C=O) groups excluding carboxylic acids is 3. The van der Waals surface area contributed by atoms with Crippen LogP contribution in [-0.2, 0) is 9.53 Å². The first-order chi connectivity index (χ1) is 16.3. The second-order valence-electron chi connectivity index (χ2n) is 9.25. The number of nitrogens with zero attached hydrogens (tertiary/aromatic N) is 1. The standard InChI is InChI=1S/C24H30N4O6/c1-13(2)25-24(32)34-16-7-6-14(8-16)19-11-22(28-27-19)26-23(31)15-9-17(10-15)33-21-5-3-4-20(30)18(21)12-29/h3-5,11-17,30H,6-10H2,1-2H3,(H,25,32)(H2,26,27,28,31)/t14-,15?,16+,17?/m0/s1. The van der Waals surface area contributed by atoms with Crippen molar-refractivity contribution in [3.05, 3.63) is 35.5 Å². The summed E-state index contributed by atoms with van der Waals surface area (Å²) in [6.07, 6.45) is 3.21. The summed E-state index contributed by atoms with van der Waals surface area (Å²) in [7, 11) is 0. The number of H-pyrrole nitrogens is 1. The molecule has 10 nitrogen and oxygen atoms in total. The number of hydrogen-bond donors (Lipinski definition) is 4. The second-order valence-corrected chi connectivity index (χ2v) is 9.25. The van der Waals surface area contributed by atoms with Crippen molar-refractivity contribution in [3.8, 4) is 11.5 Å². The molecule has 1 heterocycles. The molecule has 10 heteroatoms. The van der Waals surface area contributed by atoms with Crippen LogP contribution in [0.5, 0.6) is 11.5 Å². The minimum absolute atomic E-state index is 0.0292. The third-order valence-corrected chi connectivity index (χ3v) is 6.27. The number of aromatic amines is 1. The zero-order chi connectivity index (χ0) is 24.2. The highest BCUT2D eigenvalue weighted by atomic mass is 16.6. The third-order valence-electron chi connectivity index (χ3n) is 6.27. The molecule has 0 unspecified atom stereocenters. The number of phenolic OH excluding ortho intramolecular Hbond substituents is 1. The molecule has 4 N–H and O–H groups in total. The van der Waals surface area contributed by atoms with Crippen molar-refractivity contribution in [2.45, 2.75) is 70.1 Å². The number of alkyl carbamates (subject to hydrolysis) is 1. The molecule has 34 heavy (non-hydrogen) atoms. The fraction of sp³-hybridized carbons (Fsp3) is 0.500. The molecule has 2 fully saturated rings. The molecule has 2 atom stereocenters. The Hall–Kier alpha value is -3.56. The van der Waals surface area contributed by atoms with Crippen molar-refractivity contribution >= 4 is 24.1 Å². The van der Waals surface area contributed by atoms with Gasteiger partial charge in [0.25, 0.3) is 0 Å². The van der Waals surface area contributed by atoms with Gasteiger partial charge in [-0.2, -0.15) is 5.10 Å². The Morgan fingerprint density at radius 2 is 2.00 bits per heavy atom. The molecule has 0 radical (unpaired) electrons. The molecule has 2 aliphatic carbocycles. The maximum atomic E-state index is 12.6. The van der Waals surface area contributed by atoms with Crippen LogP contribution < -0.4 is 15.4 Å². The first kappa shape index (κ1) is 23.6. The molecule has 2 saturated carbocycles. The van der Waals surface area contributed by atoms with Crippen LogP contribution in [-0.4, -0.2) is 51.8 Å². The van der Waals surface area contributed by atoms with Crippen LogP contribution in [0.3, 0.4) is 0 Å². The Labute approximate surface area is 197 Å². The number of hydrogen-bond acceptors (Lipinski definition) is 7. The summed E-state index contributed by atoms with van der Waals surface area (Å²) < 4.78 is 11.3. The van der Waals surface area contributed by atoms with Crippen LogP contribution >= 0.6 is 0 Å². The molecular formula is C24H30N4O6. The van der Waals surface area contributed by atoms with E-state index in [1.54, 1.807) is 12.1 Å². The molecule has 2 aliphatic rings. The van der Waals surface area contributed by atoms with Crippen molar-refractivity contribution in [1.82, 2.24) is 15.5 Å². The van der Waals surface area contributed by atoms with Crippen LogP contribution in [0.2, 0.25) is 0 Å². The molecule has 0 aliphatic heterocycles. The predicted octanol–water partition coefficient (Wildman–Crippen LogP) is 3.49. The molecule has 2 amide bonds. The lowest BCUT2D eigenvalue weighted by molar-refractivity contribution is -0.125. The maximum Gasteiger partial charge on any atom is 0.407 e. The zero-order valence-corrected chi connectivity index (χ0v) is 19.2. The summed E-state index contributed by atoms with van der Waals surface area (Å²) in [5, 5.41) is 22.5. The number of aldehydes is 1. The molecule has 1 aromatic carbocycles. The average Bonchev–Trinajstić information content (AvgIpc) is 3.39. The number of nitrogens with one attached hydrogen (secondary N) is 3. The Kier molecular flexibility index (Phi) is 7.04. The highest BCUT2D eigenvalue weighted by Crippen LogP contribution is 2.37. The van der Waals surface area contributed by atoms with E-state index in [2.05, 4.69) is 20.8 Å². The molecule has 0 saturated heterocycles. The van der Waals surface area contributed by atoms with Crippen molar-refractivity contribution in [3.63, 3.8) is 0 Å². The fourth-order valence-corrected chi connectivity index (χ4v) is 4.40. The van der Waals surface area contributed by atoms with Gasteiger partial charge in [0.15, 0.2) is 12.1 Å². The van der Waals surface area contributed by atoms with E-state index in [-0.39, 0.29) is 47.3 Å². The lowest BCUT2D eigenvalue weighted by Gasteiger charge is -2.34. The van der Waals surface area contributed by atoms with Gasteiger partial charge in [0.1, 0.15) is 23.7 Å². The van der Waals surface area contributed by atoms with Gasteiger partial charge in [-0.3, -0.25) is 14.7 Å². The summed E-state index contributed by atoms with van der Waals surface area (Å²) in [5.74, 6) is 0.479. The minimum Gasteiger partial charge on any atom is -0.507 e. The van der Waals surface area contributed by atoms with E-state index in [1.165, 1.54) is 6.07 Å². The van der Waals surface area contributed by atoms with Crippen molar-refractivity contribution < 1.29 is 29.0 Å². The number of phenols is 1. The topological polar surface area (TPSA) is 143 Å². The number of carbonyl (C=O) groups is 3. The van der Waals surface area contributed by atoms with Gasteiger partial charge in [-0.15, -0.1) is 0 Å². The average molecular weight is 471 g/mol. The number of aromatic hydroxyl groups is 1. The number of ether oxygens (including phenoxy) is 2. The highest BCUT2D eigenvalue weighted by molar-refractivity contribution is 5.92. The van der Waals surface area contributed by atoms with Crippen LogP contribution in [0.15, 0.2) is 24.3 Å². The molecule has 1 aromatic heterocycles. The van der Waals surface area contributed by atoms with E-state index in [0.717, 1.165) is 18.5 Å². The first-order valence-corrected chi connectivity index (χ1v) is 11.6. The SMILES string of the molecule is CC(C)NC(=O)O[C@@H]1CC[C@H](c2cc(NC(=O)C3CC(Oc4cccc(O)c4C=O)C3)n[nH]2)C1. The largest absolute Gasteiger partial charge is 0.507 e. The highest BCUT2D eigenvalue weighted by Gasteiger charge is 2.37. The fourth-order valence-electron chi connectivity index (χ4n) is 4.40. The van der Waals surface area contributed by atoms with Gasteiger partial charge in [-0.25, -0.2) is 4.79 Å². The van der Waals surface area contributed by atoms with E-state index in [9.17, 15) is 19.5 Å². The summed E-state index contributed by atoms with van der Waals surface area (Å²) in [5.41, 5.74) is 1.02. The van der Waals surface area contributed by atoms with Crippen LogP contribution in [0.4, 0.5) is 10.6 Å². The first-order valence-electron chi connectivity index (χ1n) is 11.6. The summed E-state index contributed by atoms with van der Waals surface area (Å²) in [4.78, 5) is 35.6. The molecular weight excluding hydrogens is 440 g/mol. The summed E-state index contributed by atoms with van der Waals surface area (Å²) in [6.45, 7) is 3.77. The normalized spacial score (nSPS) is 23.7. The monoisotopic (exact) mass is 470 g/mol. The van der Waals surface area contributed by atoms with E-state index in [4.69, 9.17) is 9.47 Å². The predicted molar refractivity (Wildman–Crippen MR) is 123 cm³/mol. The Morgan fingerprint density at radius 1 is 1.21 bits per heavy atom. The Bertz CT molecular complexity index is 1050. The number of aromatic nitrogens is 2. The molecule has 4 rings (SSSR count). The summed E-state index contributed by atoms with van der Waals surface area (Å²) in [6, 6.07) is 6.51. The number of benzene rings is 1. The van der Waals surface area contributed by atoms with Crippen molar-refractivity contribution in [1.29, 1.82) is 0 Å². The maximum absolute atomic E-state index is 12.6. The minimum atomic E-state index is -0.396. The van der Waals surface area contributed by atoms with E-state index < -0.39 is 6.09 Å². The van der Waals surface area contributed by atoms with Gasteiger partial charge in [0.2, 0.25) is 5.91 Å². The van der Waals surface area contributed by atoms with Crippen molar-refractivity contribution in [2.24, 2.45) is 5.92 Å². The number of rotatable bonds is 8. The molecule has 0 bridgehead atoms. The molecule has 0 spiro atoms. The molecule has 2 aromatic rings. The van der Waals surface area contributed by atoms with Crippen LogP contribution in [0.1, 0.15) is 67.9 Å². The van der Waals surface area contributed by atoms with E-state index in [1.807, 2.05) is 19.9 Å². The lowest BCUT2D eigenvalue weighted by Crippen LogP contribution is -2.41. The molecule has 182 valence electrons. The second kappa shape index (κ2) is 10.1. The van der Waals surface area contributed by atoms with Gasteiger partial charge in [0, 0.05) is 29.6 Å². The number of amides is 2. The third kappa shape index (κ3) is 5.49. The van der Waals surface area contributed by atoms with Gasteiger partial charge in [-0.05, 0) is 58.1 Å². The van der Waals surface area contributed by atoms with Crippen LogP contribution in [0.25, 0.3) is 0 Å². The van der Waals surface area contributed by atoms with E-state index >= 15 is 0 Å². The Morgan fingerprint density at radius 3 is 2.74 bits per heavy atom. The van der Waals surface area contributed by atoms with Crippen molar-refractivity contribution in [2.75, 3.05) is 5.32 Å². The van der Waals surface area contributed by atoms with Gasteiger partial charge >= 0.3 is 6.09 Å². The lowest BCUT2D eigenvalue weighted by atomic mass is 9.81. The van der Waals surface area contributed by atoms with E-state index in [0.29, 0.717) is 37.1 Å². The van der Waals surface area contributed by atoms with Gasteiger partial charge in [0.05, 0.1) is 5.56 Å². The quantitative estimate of drug-likeness (QED) is 0.433. The van der Waals surface area contributed by atoms with Crippen LogP contribution in [0, 0.1) is 5.92 Å². The summed E-state index contributed by atoms with van der Waals surface area (Å²) >= 11 is 0. The Balaban J connectivity index is 1.23. The van der Waals surface area contributed by atoms with Gasteiger partial charge in [-0.1, -0.05) is 6.07 Å².